The molecule has 0 amide bonds. The third-order valence-electron chi connectivity index (χ3n) is 2.21. The van der Waals surface area contributed by atoms with Crippen molar-refractivity contribution in [2.24, 2.45) is 11.7 Å². The van der Waals surface area contributed by atoms with Crippen LogP contribution in [0.15, 0.2) is 0 Å². The minimum Gasteiger partial charge on any atom is -0.329 e. The quantitative estimate of drug-likeness (QED) is 0.711. The normalized spacial score (nSPS) is 14.8. The molecule has 3 nitrogen and oxygen atoms in total. The van der Waals surface area contributed by atoms with Gasteiger partial charge in [-0.2, -0.15) is 0 Å². The third-order valence-corrected chi connectivity index (χ3v) is 4.55. The third kappa shape index (κ3) is 4.62. The summed E-state index contributed by atoms with van der Waals surface area (Å²) in [6, 6.07) is 0. The van der Waals surface area contributed by atoms with Gasteiger partial charge in [0.05, 0.1) is 11.0 Å². The molecular weight excluding hydrogens is 186 g/mol. The average Bonchev–Trinajstić information content (AvgIpc) is 2.03. The summed E-state index contributed by atoms with van der Waals surface area (Å²) in [6.07, 6.45) is 1.36. The van der Waals surface area contributed by atoms with Crippen LogP contribution < -0.4 is 5.73 Å². The first kappa shape index (κ1) is 12.9. The lowest BCUT2D eigenvalue weighted by molar-refractivity contribution is 0.557. The molecule has 0 spiro atoms. The molecule has 0 saturated carbocycles. The monoisotopic (exact) mass is 207 g/mol. The standard InChI is InChI=1S/C9H21NO2S/c1-4-9(7-10)13(11,12)6-5-8(2)3/h8-9H,4-7,10H2,1-3H3. The van der Waals surface area contributed by atoms with Crippen molar-refractivity contribution in [2.45, 2.75) is 38.9 Å². The van der Waals surface area contributed by atoms with Crippen LogP contribution in [0, 0.1) is 5.92 Å². The van der Waals surface area contributed by atoms with Crippen molar-refractivity contribution in [3.63, 3.8) is 0 Å². The molecular formula is C9H21NO2S. The Bertz CT molecular complexity index is 218. The largest absolute Gasteiger partial charge is 0.329 e. The molecule has 0 rings (SSSR count). The summed E-state index contributed by atoms with van der Waals surface area (Å²) in [4.78, 5) is 0. The lowest BCUT2D eigenvalue weighted by Gasteiger charge is -2.14. The van der Waals surface area contributed by atoms with Crippen LogP contribution in [0.5, 0.6) is 0 Å². The first-order chi connectivity index (χ1) is 5.94. The average molecular weight is 207 g/mol. The summed E-state index contributed by atoms with van der Waals surface area (Å²) in [5.41, 5.74) is 5.40. The van der Waals surface area contributed by atoms with E-state index in [9.17, 15) is 8.42 Å². The molecule has 0 aromatic rings. The maximum atomic E-state index is 11.6. The lowest BCUT2D eigenvalue weighted by Crippen LogP contribution is -2.31. The Hall–Kier alpha value is -0.0900. The second-order valence-electron chi connectivity index (χ2n) is 3.82. The highest BCUT2D eigenvalue weighted by atomic mass is 32.2. The second kappa shape index (κ2) is 5.60. The summed E-state index contributed by atoms with van der Waals surface area (Å²) >= 11 is 0. The fourth-order valence-electron chi connectivity index (χ4n) is 1.13. The van der Waals surface area contributed by atoms with Crippen LogP contribution in [0.1, 0.15) is 33.6 Å². The van der Waals surface area contributed by atoms with Crippen molar-refractivity contribution in [3.8, 4) is 0 Å². The number of hydrogen-bond donors (Lipinski definition) is 1. The van der Waals surface area contributed by atoms with E-state index in [0.29, 0.717) is 12.3 Å². The molecule has 0 bridgehead atoms. The van der Waals surface area contributed by atoms with E-state index in [1.54, 1.807) is 0 Å². The van der Waals surface area contributed by atoms with Crippen molar-refractivity contribution in [2.75, 3.05) is 12.3 Å². The molecule has 0 aromatic carbocycles. The van der Waals surface area contributed by atoms with Gasteiger partial charge in [-0.1, -0.05) is 20.8 Å². The fraction of sp³-hybridized carbons (Fsp3) is 1.00. The van der Waals surface area contributed by atoms with E-state index in [1.807, 2.05) is 20.8 Å². The number of hydrogen-bond acceptors (Lipinski definition) is 3. The Balaban J connectivity index is 4.22. The first-order valence-corrected chi connectivity index (χ1v) is 6.57. The Kier molecular flexibility index (Phi) is 5.56. The van der Waals surface area contributed by atoms with Gasteiger partial charge < -0.3 is 5.73 Å². The van der Waals surface area contributed by atoms with E-state index in [-0.39, 0.29) is 17.5 Å². The van der Waals surface area contributed by atoms with Crippen LogP contribution in [0.25, 0.3) is 0 Å². The zero-order valence-corrected chi connectivity index (χ0v) is 9.60. The van der Waals surface area contributed by atoms with Crippen molar-refractivity contribution in [3.05, 3.63) is 0 Å². The van der Waals surface area contributed by atoms with Gasteiger partial charge in [0.25, 0.3) is 0 Å². The van der Waals surface area contributed by atoms with Crippen molar-refractivity contribution in [1.29, 1.82) is 0 Å². The molecule has 0 aliphatic carbocycles. The van der Waals surface area contributed by atoms with Crippen LogP contribution >= 0.6 is 0 Å². The van der Waals surface area contributed by atoms with Crippen LogP contribution in [0.4, 0.5) is 0 Å². The lowest BCUT2D eigenvalue weighted by atomic mass is 10.2. The van der Waals surface area contributed by atoms with Crippen LogP contribution in [-0.4, -0.2) is 26.0 Å². The van der Waals surface area contributed by atoms with Gasteiger partial charge >= 0.3 is 0 Å². The van der Waals surface area contributed by atoms with E-state index in [4.69, 9.17) is 5.73 Å². The predicted octanol–water partition coefficient (Wildman–Crippen LogP) is 1.18. The van der Waals surface area contributed by atoms with Gasteiger partial charge in [0, 0.05) is 6.54 Å². The Labute approximate surface area is 81.6 Å². The minimum atomic E-state index is -2.94. The first-order valence-electron chi connectivity index (χ1n) is 4.85. The molecule has 4 heteroatoms. The topological polar surface area (TPSA) is 60.2 Å². The van der Waals surface area contributed by atoms with Gasteiger partial charge in [-0.25, -0.2) is 8.42 Å². The maximum absolute atomic E-state index is 11.6. The molecule has 0 heterocycles. The van der Waals surface area contributed by atoms with Gasteiger partial charge in [-0.15, -0.1) is 0 Å². The molecule has 0 radical (unpaired) electrons. The Morgan fingerprint density at radius 3 is 2.15 bits per heavy atom. The summed E-state index contributed by atoms with van der Waals surface area (Å²) < 4.78 is 23.2. The zero-order chi connectivity index (χ0) is 10.5. The van der Waals surface area contributed by atoms with Crippen molar-refractivity contribution in [1.82, 2.24) is 0 Å². The molecule has 80 valence electrons. The predicted molar refractivity (Wildman–Crippen MR) is 56.4 cm³/mol. The molecule has 0 fully saturated rings. The summed E-state index contributed by atoms with van der Waals surface area (Å²) in [6.45, 7) is 6.17. The molecule has 0 aromatic heterocycles. The van der Waals surface area contributed by atoms with Gasteiger partial charge in [0.2, 0.25) is 0 Å². The van der Waals surface area contributed by atoms with Crippen LogP contribution in [0.3, 0.4) is 0 Å². The summed E-state index contributed by atoms with van der Waals surface area (Å²) in [7, 11) is -2.94. The van der Waals surface area contributed by atoms with Crippen LogP contribution in [-0.2, 0) is 9.84 Å². The molecule has 0 aliphatic heterocycles. The Morgan fingerprint density at radius 1 is 1.31 bits per heavy atom. The highest BCUT2D eigenvalue weighted by molar-refractivity contribution is 7.92. The van der Waals surface area contributed by atoms with Crippen LogP contribution in [0.2, 0.25) is 0 Å². The molecule has 0 aliphatic rings. The molecule has 0 saturated heterocycles. The Morgan fingerprint density at radius 2 is 1.85 bits per heavy atom. The summed E-state index contributed by atoms with van der Waals surface area (Å²) in [5.74, 6) is 0.713. The summed E-state index contributed by atoms with van der Waals surface area (Å²) in [5, 5.41) is -0.341. The number of sulfone groups is 1. The van der Waals surface area contributed by atoms with E-state index >= 15 is 0 Å². The number of rotatable bonds is 6. The minimum absolute atomic E-state index is 0.247. The highest BCUT2D eigenvalue weighted by Gasteiger charge is 2.21. The highest BCUT2D eigenvalue weighted by Crippen LogP contribution is 2.10. The van der Waals surface area contributed by atoms with Gasteiger partial charge in [0.15, 0.2) is 9.84 Å². The second-order valence-corrected chi connectivity index (χ2v) is 6.22. The molecule has 2 N–H and O–H groups in total. The SMILES string of the molecule is CCC(CN)S(=O)(=O)CCC(C)C. The molecule has 13 heavy (non-hydrogen) atoms. The van der Waals surface area contributed by atoms with Gasteiger partial charge in [-0.05, 0) is 18.8 Å². The van der Waals surface area contributed by atoms with Gasteiger partial charge in [-0.3, -0.25) is 0 Å². The van der Waals surface area contributed by atoms with Crippen molar-refractivity contribution < 1.29 is 8.42 Å². The van der Waals surface area contributed by atoms with E-state index < -0.39 is 9.84 Å². The maximum Gasteiger partial charge on any atom is 0.154 e. The molecule has 1 unspecified atom stereocenters. The fourth-order valence-corrected chi connectivity index (χ4v) is 3.07. The van der Waals surface area contributed by atoms with E-state index in [0.717, 1.165) is 6.42 Å². The van der Waals surface area contributed by atoms with E-state index in [1.165, 1.54) is 0 Å². The van der Waals surface area contributed by atoms with E-state index in [2.05, 4.69) is 0 Å². The number of nitrogens with two attached hydrogens (primary N) is 1. The van der Waals surface area contributed by atoms with Crippen molar-refractivity contribution >= 4 is 9.84 Å². The van der Waals surface area contributed by atoms with Gasteiger partial charge in [0.1, 0.15) is 0 Å². The zero-order valence-electron chi connectivity index (χ0n) is 8.79. The smallest absolute Gasteiger partial charge is 0.154 e. The molecule has 1 atom stereocenters.